The fraction of sp³-hybridized carbons (Fsp3) is 1.00. The van der Waals surface area contributed by atoms with Crippen LogP contribution in [0.15, 0.2) is 0 Å². The second kappa shape index (κ2) is 17.3. The zero-order chi connectivity index (χ0) is 13.6. The van der Waals surface area contributed by atoms with Crippen molar-refractivity contribution in [3.8, 4) is 0 Å². The van der Waals surface area contributed by atoms with Crippen molar-refractivity contribution in [2.24, 2.45) is 0 Å². The van der Waals surface area contributed by atoms with Crippen LogP contribution in [-0.2, 0) is 4.57 Å². The molecule has 0 aliphatic rings. The average Bonchev–Trinajstić information content (AvgIpc) is 2.02. The molecule has 0 saturated carbocycles. The summed E-state index contributed by atoms with van der Waals surface area (Å²) in [7, 11) is 5.31. The van der Waals surface area contributed by atoms with Gasteiger partial charge in [-0.05, 0) is 12.8 Å². The van der Waals surface area contributed by atoms with Gasteiger partial charge >= 0.3 is 0 Å². The third-order valence-corrected chi connectivity index (χ3v) is 1.50. The largest absolute Gasteiger partial charge is 0.598 e. The third-order valence-electron chi connectivity index (χ3n) is 1.50. The first kappa shape index (κ1) is 21.2. The Labute approximate surface area is 101 Å². The Morgan fingerprint density at radius 1 is 0.875 bits per heavy atom. The second-order valence-corrected chi connectivity index (χ2v) is 4.59. The zero-order valence-electron chi connectivity index (χ0n) is 11.5. The van der Waals surface area contributed by atoms with Crippen molar-refractivity contribution in [1.82, 2.24) is 0 Å². The van der Waals surface area contributed by atoms with Crippen LogP contribution in [0.2, 0.25) is 0 Å². The first-order valence-electron chi connectivity index (χ1n) is 5.67. The van der Waals surface area contributed by atoms with E-state index < -0.39 is 8.25 Å². The van der Waals surface area contributed by atoms with Crippen molar-refractivity contribution in [3.05, 3.63) is 0 Å². The zero-order valence-corrected chi connectivity index (χ0v) is 12.4. The molecule has 0 heterocycles. The van der Waals surface area contributed by atoms with Gasteiger partial charge < -0.3 is 19.6 Å². The Kier molecular flexibility index (Phi) is 23.0. The predicted octanol–water partition coefficient (Wildman–Crippen LogP) is -2.55. The minimum Gasteiger partial charge on any atom is -0.598 e. The molecule has 0 spiro atoms. The summed E-state index contributed by atoms with van der Waals surface area (Å²) in [6, 6.07) is 0. The molecule has 0 atom stereocenters. The van der Waals surface area contributed by atoms with Gasteiger partial charge in [-0.1, -0.05) is 18.4 Å². The smallest absolute Gasteiger partial charge is 0.276 e. The van der Waals surface area contributed by atoms with Gasteiger partial charge in [0, 0.05) is 0 Å². The summed E-state index contributed by atoms with van der Waals surface area (Å²) in [4.78, 5) is 20.0. The fourth-order valence-corrected chi connectivity index (χ4v) is 1.000. The predicted molar refractivity (Wildman–Crippen MR) is 63.5 cm³/mol. The van der Waals surface area contributed by atoms with E-state index in [1.54, 1.807) is 0 Å². The summed E-state index contributed by atoms with van der Waals surface area (Å²) in [6.07, 6.45) is 2.59. The lowest BCUT2D eigenvalue weighted by Gasteiger charge is -2.01. The number of quaternary nitrogens is 2. The molecule has 0 fully saturated rings. The molecule has 0 aromatic heterocycles. The number of nitrogens with one attached hydrogen (secondary N) is 2. The highest BCUT2D eigenvalue weighted by atomic mass is 31.1. The van der Waals surface area contributed by atoms with Crippen LogP contribution < -0.4 is 19.6 Å². The highest BCUT2D eigenvalue weighted by molar-refractivity contribution is 7.27. The van der Waals surface area contributed by atoms with Gasteiger partial charge in [0.1, 0.15) is 0 Å². The van der Waals surface area contributed by atoms with Crippen LogP contribution in [0.5, 0.6) is 0 Å². The van der Waals surface area contributed by atoms with Crippen molar-refractivity contribution in [3.63, 3.8) is 0 Å². The Hall–Kier alpha value is -0.0600. The topological polar surface area (TPSA) is 72.1 Å². The van der Waals surface area contributed by atoms with Gasteiger partial charge in [0.05, 0.1) is 41.3 Å². The van der Waals surface area contributed by atoms with Gasteiger partial charge in [-0.2, -0.15) is 0 Å². The van der Waals surface area contributed by atoms with E-state index >= 15 is 0 Å². The Morgan fingerprint density at radius 3 is 1.06 bits per heavy atom. The van der Waals surface area contributed by atoms with E-state index in [0.717, 1.165) is 0 Å². The van der Waals surface area contributed by atoms with E-state index in [2.05, 4.69) is 42.0 Å². The summed E-state index contributed by atoms with van der Waals surface area (Å²) in [5.74, 6) is 0. The lowest BCUT2D eigenvalue weighted by atomic mass is 10.5. The van der Waals surface area contributed by atoms with Crippen molar-refractivity contribution < 1.29 is 24.2 Å². The summed E-state index contributed by atoms with van der Waals surface area (Å²) in [6.45, 7) is 6.99. The van der Waals surface area contributed by atoms with Crippen LogP contribution in [-0.4, -0.2) is 41.3 Å². The maximum Gasteiger partial charge on any atom is 0.276 e. The molecule has 0 unspecified atom stereocenters. The van der Waals surface area contributed by atoms with Crippen LogP contribution in [0, 0.1) is 0 Å². The van der Waals surface area contributed by atoms with Crippen molar-refractivity contribution >= 4 is 8.25 Å². The normalized spacial score (nSPS) is 9.12. The van der Waals surface area contributed by atoms with E-state index in [0.29, 0.717) is 0 Å². The van der Waals surface area contributed by atoms with E-state index in [4.69, 9.17) is 14.4 Å². The molecule has 6 heteroatoms. The SMILES string of the molecule is CCC[NH+](C)C.CCC[NH+](C)C.O=[P+]([O-])[O-]. The lowest BCUT2D eigenvalue weighted by Crippen LogP contribution is -3.05. The van der Waals surface area contributed by atoms with E-state index in [-0.39, 0.29) is 0 Å². The lowest BCUT2D eigenvalue weighted by molar-refractivity contribution is -0.858. The minimum absolute atomic E-state index is 1.29. The van der Waals surface area contributed by atoms with Crippen molar-refractivity contribution in [2.45, 2.75) is 26.7 Å². The maximum atomic E-state index is 8.48. The third kappa shape index (κ3) is 66.2. The van der Waals surface area contributed by atoms with Gasteiger partial charge in [-0.25, -0.2) is 0 Å². The molecule has 16 heavy (non-hydrogen) atoms. The minimum atomic E-state index is -3.37. The molecule has 0 amide bonds. The maximum absolute atomic E-state index is 8.48. The summed E-state index contributed by atoms with van der Waals surface area (Å²) >= 11 is 0. The van der Waals surface area contributed by atoms with Crippen LogP contribution in [0.3, 0.4) is 0 Å². The number of hydrogen-bond acceptors (Lipinski definition) is 3. The summed E-state index contributed by atoms with van der Waals surface area (Å²) in [5, 5.41) is 0. The number of rotatable bonds is 4. The van der Waals surface area contributed by atoms with Gasteiger partial charge in [-0.15, -0.1) is 0 Å². The van der Waals surface area contributed by atoms with Crippen LogP contribution in [0.4, 0.5) is 0 Å². The summed E-state index contributed by atoms with van der Waals surface area (Å²) < 4.78 is 8.48. The Bertz CT molecular complexity index is 130. The highest BCUT2D eigenvalue weighted by Gasteiger charge is 1.83. The molecule has 0 rings (SSSR count). The molecule has 0 aromatic rings. The van der Waals surface area contributed by atoms with Crippen LogP contribution in [0.25, 0.3) is 0 Å². The van der Waals surface area contributed by atoms with Crippen molar-refractivity contribution in [1.29, 1.82) is 0 Å². The molecule has 0 bridgehead atoms. The molecule has 0 aliphatic carbocycles. The second-order valence-electron chi connectivity index (χ2n) is 4.14. The van der Waals surface area contributed by atoms with Gasteiger partial charge in [0.15, 0.2) is 0 Å². The average molecular weight is 255 g/mol. The molecule has 0 aromatic carbocycles. The molecule has 100 valence electrons. The fourth-order valence-electron chi connectivity index (χ4n) is 1.000. The van der Waals surface area contributed by atoms with Gasteiger partial charge in [0.2, 0.25) is 0 Å². The van der Waals surface area contributed by atoms with Crippen LogP contribution >= 0.6 is 8.25 Å². The van der Waals surface area contributed by atoms with Crippen molar-refractivity contribution in [2.75, 3.05) is 41.3 Å². The van der Waals surface area contributed by atoms with E-state index in [9.17, 15) is 0 Å². The van der Waals surface area contributed by atoms with E-state index in [1.165, 1.54) is 35.7 Å². The standard InChI is InChI=1S/2C5H13N.HO3P/c2*1-4-5-6(2)3;1-4(2)3/h2*4-5H2,1-3H3;(H,1,2,3)/p+1. The van der Waals surface area contributed by atoms with E-state index in [1.807, 2.05) is 0 Å². The van der Waals surface area contributed by atoms with Gasteiger partial charge in [-0.3, -0.25) is 0 Å². The first-order valence-corrected chi connectivity index (χ1v) is 6.76. The molecular weight excluding hydrogens is 227 g/mol. The number of hydrogen-bond donors (Lipinski definition) is 2. The molecule has 0 aliphatic heterocycles. The van der Waals surface area contributed by atoms with Gasteiger partial charge in [0.25, 0.3) is 8.25 Å². The van der Waals surface area contributed by atoms with Crippen LogP contribution in [0.1, 0.15) is 26.7 Å². The Morgan fingerprint density at radius 2 is 1.06 bits per heavy atom. The Balaban J connectivity index is -0.000000162. The monoisotopic (exact) mass is 255 g/mol. The molecule has 0 radical (unpaired) electrons. The summed E-state index contributed by atoms with van der Waals surface area (Å²) in [5.41, 5.74) is 0. The first-order chi connectivity index (χ1) is 7.27. The molecule has 2 N–H and O–H groups in total. The molecular formula is C10H28N2O3P+. The molecule has 0 saturated heterocycles. The highest BCUT2D eigenvalue weighted by Crippen LogP contribution is 1.79. The molecule has 5 nitrogen and oxygen atoms in total. The quantitative estimate of drug-likeness (QED) is 0.543.